The number of aliphatic imine (C=N–C) groups is 1. The minimum atomic E-state index is 0.153. The summed E-state index contributed by atoms with van der Waals surface area (Å²) in [5.74, 6) is 0.153. The van der Waals surface area contributed by atoms with Gasteiger partial charge in [0, 0.05) is 6.54 Å². The molecule has 0 aromatic rings. The fourth-order valence-corrected chi connectivity index (χ4v) is 0.297. The lowest BCUT2D eigenvalue weighted by Crippen LogP contribution is -2.24. The number of rotatable bonds is 3. The molecular formula is C4H12N4. The van der Waals surface area contributed by atoms with Gasteiger partial charge in [-0.1, -0.05) is 0 Å². The molecule has 0 fully saturated rings. The molecule has 0 amide bonds. The second-order valence-corrected chi connectivity index (χ2v) is 1.41. The van der Waals surface area contributed by atoms with Gasteiger partial charge in [-0.2, -0.15) is 0 Å². The number of nitrogens with zero attached hydrogens (tertiary/aromatic N) is 1. The largest absolute Gasteiger partial charge is 0.370 e. The Morgan fingerprint density at radius 2 is 2.25 bits per heavy atom. The molecule has 0 radical (unpaired) electrons. The molecule has 0 atom stereocenters. The standard InChI is InChI=1S/C4H12N4/c1-7-2-3-8-4(5)6/h7H,2-3H2,1H3,(H4,5,6,8). The molecule has 0 spiro atoms. The first-order valence-corrected chi connectivity index (χ1v) is 2.47. The predicted octanol–water partition coefficient (Wildman–Crippen LogP) is -1.52. The van der Waals surface area contributed by atoms with Gasteiger partial charge in [0.25, 0.3) is 0 Å². The molecule has 0 saturated carbocycles. The molecule has 4 heteroatoms. The zero-order valence-corrected chi connectivity index (χ0v) is 5.02. The van der Waals surface area contributed by atoms with Crippen molar-refractivity contribution in [1.29, 1.82) is 0 Å². The van der Waals surface area contributed by atoms with Gasteiger partial charge in [0.05, 0.1) is 6.54 Å². The van der Waals surface area contributed by atoms with Gasteiger partial charge in [0.15, 0.2) is 5.96 Å². The highest BCUT2D eigenvalue weighted by molar-refractivity contribution is 5.75. The summed E-state index contributed by atoms with van der Waals surface area (Å²) in [4.78, 5) is 3.72. The van der Waals surface area contributed by atoms with E-state index in [-0.39, 0.29) is 5.96 Å². The summed E-state index contributed by atoms with van der Waals surface area (Å²) in [5, 5.41) is 2.90. The predicted molar refractivity (Wildman–Crippen MR) is 34.6 cm³/mol. The van der Waals surface area contributed by atoms with Crippen LogP contribution in [0.5, 0.6) is 0 Å². The molecule has 8 heavy (non-hydrogen) atoms. The maximum Gasteiger partial charge on any atom is 0.185 e. The number of hydrogen-bond donors (Lipinski definition) is 3. The Kier molecular flexibility index (Phi) is 3.97. The fraction of sp³-hybridized carbons (Fsp3) is 0.750. The van der Waals surface area contributed by atoms with Crippen LogP contribution in [0.2, 0.25) is 0 Å². The van der Waals surface area contributed by atoms with Gasteiger partial charge >= 0.3 is 0 Å². The molecule has 0 bridgehead atoms. The molecule has 0 aromatic heterocycles. The smallest absolute Gasteiger partial charge is 0.185 e. The zero-order chi connectivity index (χ0) is 6.41. The number of likely N-dealkylation sites (N-methyl/N-ethyl adjacent to an activating group) is 1. The fourth-order valence-electron chi connectivity index (χ4n) is 0.297. The second kappa shape index (κ2) is 4.39. The molecule has 0 saturated heterocycles. The summed E-state index contributed by atoms with van der Waals surface area (Å²) in [6.45, 7) is 1.47. The summed E-state index contributed by atoms with van der Waals surface area (Å²) < 4.78 is 0. The molecule has 5 N–H and O–H groups in total. The monoisotopic (exact) mass is 116 g/mol. The Bertz CT molecular complexity index is 74.1. The molecule has 0 aliphatic heterocycles. The van der Waals surface area contributed by atoms with Crippen LogP contribution >= 0.6 is 0 Å². The maximum atomic E-state index is 5.03. The van der Waals surface area contributed by atoms with Crippen LogP contribution in [-0.4, -0.2) is 26.1 Å². The highest BCUT2D eigenvalue weighted by atomic mass is 15.0. The Balaban J connectivity index is 3.03. The highest BCUT2D eigenvalue weighted by Gasteiger charge is 1.77. The highest BCUT2D eigenvalue weighted by Crippen LogP contribution is 1.61. The number of guanidine groups is 1. The third-order valence-electron chi connectivity index (χ3n) is 0.656. The average Bonchev–Trinajstić information content (AvgIpc) is 1.66. The molecule has 0 unspecified atom stereocenters. The quantitative estimate of drug-likeness (QED) is 0.238. The van der Waals surface area contributed by atoms with Crippen molar-refractivity contribution >= 4 is 5.96 Å². The minimum Gasteiger partial charge on any atom is -0.370 e. The topological polar surface area (TPSA) is 76.4 Å². The van der Waals surface area contributed by atoms with Crippen LogP contribution in [0.4, 0.5) is 0 Å². The van der Waals surface area contributed by atoms with Gasteiger partial charge in [-0.3, -0.25) is 4.99 Å². The van der Waals surface area contributed by atoms with Gasteiger partial charge in [0.2, 0.25) is 0 Å². The van der Waals surface area contributed by atoms with Crippen molar-refractivity contribution in [3.8, 4) is 0 Å². The van der Waals surface area contributed by atoms with Gasteiger partial charge in [-0.25, -0.2) is 0 Å². The molecule has 4 nitrogen and oxygen atoms in total. The van der Waals surface area contributed by atoms with Crippen molar-refractivity contribution < 1.29 is 0 Å². The average molecular weight is 116 g/mol. The summed E-state index contributed by atoms with van der Waals surface area (Å²) >= 11 is 0. The molecular weight excluding hydrogens is 104 g/mol. The molecule has 48 valence electrons. The summed E-state index contributed by atoms with van der Waals surface area (Å²) in [7, 11) is 1.85. The number of nitrogens with two attached hydrogens (primary N) is 2. The van der Waals surface area contributed by atoms with Crippen molar-refractivity contribution in [3.63, 3.8) is 0 Å². The van der Waals surface area contributed by atoms with E-state index >= 15 is 0 Å². The molecule has 0 rings (SSSR count). The molecule has 0 aromatic carbocycles. The van der Waals surface area contributed by atoms with E-state index in [0.29, 0.717) is 6.54 Å². The molecule has 0 aliphatic rings. The van der Waals surface area contributed by atoms with E-state index in [0.717, 1.165) is 6.54 Å². The third kappa shape index (κ3) is 5.23. The van der Waals surface area contributed by atoms with E-state index in [1.54, 1.807) is 0 Å². The van der Waals surface area contributed by atoms with Gasteiger partial charge in [0.1, 0.15) is 0 Å². The summed E-state index contributed by atoms with van der Waals surface area (Å²) in [6.07, 6.45) is 0. The van der Waals surface area contributed by atoms with E-state index in [1.807, 2.05) is 7.05 Å². The SMILES string of the molecule is CNCCN=C(N)N. The minimum absolute atomic E-state index is 0.153. The molecule has 0 heterocycles. The van der Waals surface area contributed by atoms with Crippen molar-refractivity contribution in [2.75, 3.05) is 20.1 Å². The van der Waals surface area contributed by atoms with Crippen molar-refractivity contribution in [2.24, 2.45) is 16.5 Å². The maximum absolute atomic E-state index is 5.03. The lowest BCUT2D eigenvalue weighted by Gasteiger charge is -1.91. The first-order chi connectivity index (χ1) is 3.77. The lowest BCUT2D eigenvalue weighted by atomic mass is 10.6. The summed E-state index contributed by atoms with van der Waals surface area (Å²) in [5.41, 5.74) is 10.1. The van der Waals surface area contributed by atoms with Gasteiger partial charge in [-0.15, -0.1) is 0 Å². The van der Waals surface area contributed by atoms with Crippen LogP contribution in [0.15, 0.2) is 4.99 Å². The normalized spacial score (nSPS) is 8.62. The van der Waals surface area contributed by atoms with Crippen LogP contribution in [0, 0.1) is 0 Å². The Morgan fingerprint density at radius 1 is 1.62 bits per heavy atom. The van der Waals surface area contributed by atoms with E-state index in [1.165, 1.54) is 0 Å². The van der Waals surface area contributed by atoms with Gasteiger partial charge in [-0.05, 0) is 7.05 Å². The Morgan fingerprint density at radius 3 is 2.62 bits per heavy atom. The van der Waals surface area contributed by atoms with Crippen LogP contribution in [0.3, 0.4) is 0 Å². The second-order valence-electron chi connectivity index (χ2n) is 1.41. The van der Waals surface area contributed by atoms with E-state index < -0.39 is 0 Å². The first kappa shape index (κ1) is 7.23. The summed E-state index contributed by atoms with van der Waals surface area (Å²) in [6, 6.07) is 0. The van der Waals surface area contributed by atoms with Crippen molar-refractivity contribution in [2.45, 2.75) is 0 Å². The van der Waals surface area contributed by atoms with Crippen LogP contribution in [0.1, 0.15) is 0 Å². The number of nitrogens with one attached hydrogen (secondary N) is 1. The van der Waals surface area contributed by atoms with Crippen LogP contribution in [-0.2, 0) is 0 Å². The van der Waals surface area contributed by atoms with E-state index in [4.69, 9.17) is 11.5 Å². The van der Waals surface area contributed by atoms with Crippen molar-refractivity contribution in [3.05, 3.63) is 0 Å². The number of hydrogen-bond acceptors (Lipinski definition) is 2. The zero-order valence-electron chi connectivity index (χ0n) is 5.02. The molecule has 0 aliphatic carbocycles. The Labute approximate surface area is 49.0 Å². The van der Waals surface area contributed by atoms with E-state index in [9.17, 15) is 0 Å². The van der Waals surface area contributed by atoms with Crippen LogP contribution < -0.4 is 16.8 Å². The van der Waals surface area contributed by atoms with Crippen LogP contribution in [0.25, 0.3) is 0 Å². The first-order valence-electron chi connectivity index (χ1n) is 2.47. The van der Waals surface area contributed by atoms with E-state index in [2.05, 4.69) is 10.3 Å². The third-order valence-corrected chi connectivity index (χ3v) is 0.656. The Hall–Kier alpha value is -0.770. The lowest BCUT2D eigenvalue weighted by molar-refractivity contribution is 0.801. The van der Waals surface area contributed by atoms with Crippen molar-refractivity contribution in [1.82, 2.24) is 5.32 Å². The van der Waals surface area contributed by atoms with Gasteiger partial charge < -0.3 is 16.8 Å².